The van der Waals surface area contributed by atoms with Gasteiger partial charge in [0.05, 0.1) is 5.41 Å². The van der Waals surface area contributed by atoms with Gasteiger partial charge in [-0.3, -0.25) is 9.59 Å². The van der Waals surface area contributed by atoms with Crippen molar-refractivity contribution >= 4 is 11.9 Å². The van der Waals surface area contributed by atoms with Crippen molar-refractivity contribution in [3.8, 4) is 0 Å². The predicted molar refractivity (Wildman–Crippen MR) is 71.5 cm³/mol. The summed E-state index contributed by atoms with van der Waals surface area (Å²) < 4.78 is 13.1. The molecule has 4 nitrogen and oxygen atoms in total. The lowest BCUT2D eigenvalue weighted by atomic mass is 9.66. The number of aliphatic carboxylic acids is 1. The molecule has 0 heterocycles. The molecule has 2 rings (SSSR count). The van der Waals surface area contributed by atoms with Gasteiger partial charge in [0.15, 0.2) is 0 Å². The number of halogens is 1. The molecule has 0 bridgehead atoms. The van der Waals surface area contributed by atoms with Crippen molar-refractivity contribution in [1.82, 2.24) is 5.32 Å². The summed E-state index contributed by atoms with van der Waals surface area (Å²) in [4.78, 5) is 23.0. The Hall–Kier alpha value is -1.91. The van der Waals surface area contributed by atoms with Crippen molar-refractivity contribution in [2.24, 2.45) is 5.41 Å². The zero-order valence-electron chi connectivity index (χ0n) is 11.4. The Balaban J connectivity index is 1.89. The van der Waals surface area contributed by atoms with Gasteiger partial charge in [-0.25, -0.2) is 4.39 Å². The number of hydrogen-bond donors (Lipinski definition) is 2. The number of benzene rings is 1. The molecule has 0 spiro atoms. The van der Waals surface area contributed by atoms with Crippen molar-refractivity contribution < 1.29 is 19.1 Å². The summed E-state index contributed by atoms with van der Waals surface area (Å²) in [6.45, 7) is 1.95. The van der Waals surface area contributed by atoms with Crippen LogP contribution >= 0.6 is 0 Å². The Morgan fingerprint density at radius 2 is 2.10 bits per heavy atom. The second-order valence-electron chi connectivity index (χ2n) is 5.48. The molecule has 0 atom stereocenters. The number of carbonyl (C=O) groups excluding carboxylic acids is 1. The number of rotatable bonds is 5. The highest BCUT2D eigenvalue weighted by atomic mass is 19.1. The molecular weight excluding hydrogens is 261 g/mol. The number of carboxylic acid groups (broad SMARTS) is 1. The molecule has 0 unspecified atom stereocenters. The fourth-order valence-corrected chi connectivity index (χ4v) is 2.46. The van der Waals surface area contributed by atoms with E-state index >= 15 is 0 Å². The molecule has 20 heavy (non-hydrogen) atoms. The summed E-state index contributed by atoms with van der Waals surface area (Å²) in [6, 6.07) is 4.65. The molecule has 1 aliphatic carbocycles. The van der Waals surface area contributed by atoms with E-state index in [0.717, 1.165) is 12.0 Å². The van der Waals surface area contributed by atoms with E-state index in [-0.39, 0.29) is 24.7 Å². The molecule has 0 radical (unpaired) electrons. The maximum atomic E-state index is 13.1. The fraction of sp³-hybridized carbons (Fsp3) is 0.467. The molecule has 1 aliphatic rings. The first-order valence-electron chi connectivity index (χ1n) is 6.68. The van der Waals surface area contributed by atoms with Gasteiger partial charge in [-0.2, -0.15) is 0 Å². The molecule has 1 aromatic carbocycles. The highest BCUT2D eigenvalue weighted by Gasteiger charge is 2.45. The molecule has 108 valence electrons. The van der Waals surface area contributed by atoms with Gasteiger partial charge in [-0.1, -0.05) is 18.6 Å². The Bertz CT molecular complexity index is 538. The van der Waals surface area contributed by atoms with Crippen molar-refractivity contribution in [2.45, 2.75) is 39.2 Å². The quantitative estimate of drug-likeness (QED) is 0.869. The molecule has 5 heteroatoms. The van der Waals surface area contributed by atoms with E-state index < -0.39 is 11.4 Å². The second-order valence-corrected chi connectivity index (χ2v) is 5.48. The first-order chi connectivity index (χ1) is 9.43. The number of amides is 1. The molecule has 1 fully saturated rings. The fourth-order valence-electron chi connectivity index (χ4n) is 2.46. The van der Waals surface area contributed by atoms with E-state index in [1.54, 1.807) is 19.1 Å². The molecule has 1 aromatic rings. The standard InChI is InChI=1S/C15H18FNO3/c1-10-7-11(3-4-12(10)16)9-17-13(18)8-15(14(19)20)5-2-6-15/h3-4,7H,2,5-6,8-9H2,1H3,(H,17,18)(H,19,20). The van der Waals surface area contributed by atoms with E-state index in [4.69, 9.17) is 5.11 Å². The monoisotopic (exact) mass is 279 g/mol. The lowest BCUT2D eigenvalue weighted by Gasteiger charge is -2.36. The number of carbonyl (C=O) groups is 2. The Morgan fingerprint density at radius 3 is 2.60 bits per heavy atom. The zero-order chi connectivity index (χ0) is 14.8. The van der Waals surface area contributed by atoms with Crippen LogP contribution in [-0.4, -0.2) is 17.0 Å². The Labute approximate surface area is 117 Å². The minimum absolute atomic E-state index is 0.0164. The summed E-state index contributed by atoms with van der Waals surface area (Å²) in [5.74, 6) is -1.44. The predicted octanol–water partition coefficient (Wildman–Crippen LogP) is 2.40. The van der Waals surface area contributed by atoms with Crippen molar-refractivity contribution in [3.05, 3.63) is 35.1 Å². The van der Waals surface area contributed by atoms with E-state index in [9.17, 15) is 14.0 Å². The van der Waals surface area contributed by atoms with Crippen LogP contribution in [0.2, 0.25) is 0 Å². The highest BCUT2D eigenvalue weighted by Crippen LogP contribution is 2.44. The number of carboxylic acids is 1. The van der Waals surface area contributed by atoms with Gasteiger partial charge in [0.25, 0.3) is 0 Å². The van der Waals surface area contributed by atoms with Gasteiger partial charge < -0.3 is 10.4 Å². The minimum Gasteiger partial charge on any atom is -0.481 e. The van der Waals surface area contributed by atoms with Crippen LogP contribution in [0.15, 0.2) is 18.2 Å². The van der Waals surface area contributed by atoms with Crippen LogP contribution in [0.4, 0.5) is 4.39 Å². The molecule has 1 saturated carbocycles. The minimum atomic E-state index is -0.892. The first kappa shape index (κ1) is 14.5. The third-order valence-corrected chi connectivity index (χ3v) is 3.98. The van der Waals surface area contributed by atoms with Gasteiger partial charge in [0, 0.05) is 13.0 Å². The van der Waals surface area contributed by atoms with Gasteiger partial charge in [-0.05, 0) is 37.0 Å². The summed E-state index contributed by atoms with van der Waals surface area (Å²) >= 11 is 0. The average molecular weight is 279 g/mol. The van der Waals surface area contributed by atoms with Crippen LogP contribution in [-0.2, 0) is 16.1 Å². The topological polar surface area (TPSA) is 66.4 Å². The van der Waals surface area contributed by atoms with Crippen LogP contribution in [0.25, 0.3) is 0 Å². The second kappa shape index (κ2) is 5.61. The maximum Gasteiger partial charge on any atom is 0.310 e. The molecule has 1 amide bonds. The van der Waals surface area contributed by atoms with Gasteiger partial charge in [-0.15, -0.1) is 0 Å². The van der Waals surface area contributed by atoms with Crippen LogP contribution in [0.1, 0.15) is 36.8 Å². The summed E-state index contributed by atoms with van der Waals surface area (Å²) in [5.41, 5.74) is 0.455. The number of aryl methyl sites for hydroxylation is 1. The smallest absolute Gasteiger partial charge is 0.310 e. The average Bonchev–Trinajstić information content (AvgIpc) is 2.35. The third kappa shape index (κ3) is 2.98. The molecule has 0 aliphatic heterocycles. The lowest BCUT2D eigenvalue weighted by Crippen LogP contribution is -2.42. The van der Waals surface area contributed by atoms with Crippen molar-refractivity contribution in [2.75, 3.05) is 0 Å². The third-order valence-electron chi connectivity index (χ3n) is 3.98. The first-order valence-corrected chi connectivity index (χ1v) is 6.68. The summed E-state index contributed by atoms with van der Waals surface area (Å²) in [5, 5.41) is 11.9. The Kier molecular flexibility index (Phi) is 4.06. The maximum absolute atomic E-state index is 13.1. The van der Waals surface area contributed by atoms with Crippen LogP contribution in [0.3, 0.4) is 0 Å². The van der Waals surface area contributed by atoms with Gasteiger partial charge in [0.2, 0.25) is 5.91 Å². The van der Waals surface area contributed by atoms with Crippen LogP contribution < -0.4 is 5.32 Å². The highest BCUT2D eigenvalue weighted by molar-refractivity contribution is 5.85. The van der Waals surface area contributed by atoms with E-state index in [0.29, 0.717) is 18.4 Å². The molecular formula is C15H18FNO3. The largest absolute Gasteiger partial charge is 0.481 e. The summed E-state index contributed by atoms with van der Waals surface area (Å²) in [6.07, 6.45) is 2.00. The van der Waals surface area contributed by atoms with Crippen molar-refractivity contribution in [1.29, 1.82) is 0 Å². The molecule has 0 aromatic heterocycles. The van der Waals surface area contributed by atoms with Gasteiger partial charge >= 0.3 is 5.97 Å². The zero-order valence-corrected chi connectivity index (χ0v) is 11.4. The van der Waals surface area contributed by atoms with E-state index in [1.165, 1.54) is 6.07 Å². The van der Waals surface area contributed by atoms with Crippen LogP contribution in [0, 0.1) is 18.2 Å². The molecule has 0 saturated heterocycles. The van der Waals surface area contributed by atoms with E-state index in [2.05, 4.69) is 5.32 Å². The lowest BCUT2D eigenvalue weighted by molar-refractivity contribution is -0.157. The number of hydrogen-bond acceptors (Lipinski definition) is 2. The van der Waals surface area contributed by atoms with E-state index in [1.807, 2.05) is 0 Å². The molecule has 2 N–H and O–H groups in total. The SMILES string of the molecule is Cc1cc(CNC(=O)CC2(C(=O)O)CCC2)ccc1F. The Morgan fingerprint density at radius 1 is 1.40 bits per heavy atom. The van der Waals surface area contributed by atoms with Gasteiger partial charge in [0.1, 0.15) is 5.82 Å². The van der Waals surface area contributed by atoms with Crippen LogP contribution in [0.5, 0.6) is 0 Å². The normalized spacial score (nSPS) is 16.3. The number of nitrogens with one attached hydrogen (secondary N) is 1. The van der Waals surface area contributed by atoms with Crippen molar-refractivity contribution in [3.63, 3.8) is 0 Å². The summed E-state index contributed by atoms with van der Waals surface area (Å²) in [7, 11) is 0.